The number of hydrogen-bond acceptors (Lipinski definition) is 3. The molecule has 0 aliphatic carbocycles. The number of benzene rings is 2. The Morgan fingerprint density at radius 2 is 1.81 bits per heavy atom. The van der Waals surface area contributed by atoms with E-state index < -0.39 is 0 Å². The lowest BCUT2D eigenvalue weighted by atomic mass is 10.1. The highest BCUT2D eigenvalue weighted by Crippen LogP contribution is 2.21. The SMILES string of the molecule is Cc1ccccc1CNC(=O)Cn1c2ccccc2c2nc(=O)cc(C)n21. The number of carbonyl (C=O) groups excluding carboxylic acids is 1. The number of hydrogen-bond donors (Lipinski definition) is 1. The molecule has 0 aliphatic heterocycles. The Kier molecular flexibility index (Phi) is 4.24. The molecule has 0 bridgehead atoms. The van der Waals surface area contributed by atoms with Gasteiger partial charge in [0, 0.05) is 23.7 Å². The molecule has 0 atom stereocenters. The summed E-state index contributed by atoms with van der Waals surface area (Å²) in [5, 5.41) is 3.83. The lowest BCUT2D eigenvalue weighted by molar-refractivity contribution is -0.122. The highest BCUT2D eigenvalue weighted by atomic mass is 16.2. The van der Waals surface area contributed by atoms with E-state index in [2.05, 4.69) is 10.3 Å². The van der Waals surface area contributed by atoms with Crippen LogP contribution in [-0.4, -0.2) is 20.1 Å². The van der Waals surface area contributed by atoms with Gasteiger partial charge < -0.3 is 5.32 Å². The minimum atomic E-state index is -0.278. The van der Waals surface area contributed by atoms with Crippen molar-refractivity contribution in [2.24, 2.45) is 0 Å². The molecular weight excluding hydrogens is 340 g/mol. The molecule has 0 saturated carbocycles. The van der Waals surface area contributed by atoms with Crippen LogP contribution in [0.15, 0.2) is 59.4 Å². The number of fused-ring (bicyclic) bond motifs is 3. The topological polar surface area (TPSA) is 68.4 Å². The molecule has 136 valence electrons. The fourth-order valence-corrected chi connectivity index (χ4v) is 3.42. The summed E-state index contributed by atoms with van der Waals surface area (Å²) in [6, 6.07) is 17.1. The predicted octanol–water partition coefficient (Wildman–Crippen LogP) is 2.58. The molecule has 0 spiro atoms. The number of para-hydroxylation sites is 1. The summed E-state index contributed by atoms with van der Waals surface area (Å²) >= 11 is 0. The first-order valence-electron chi connectivity index (χ1n) is 8.84. The zero-order valence-corrected chi connectivity index (χ0v) is 15.3. The maximum absolute atomic E-state index is 12.6. The fraction of sp³-hybridized carbons (Fsp3) is 0.190. The van der Waals surface area contributed by atoms with Crippen molar-refractivity contribution < 1.29 is 4.79 Å². The van der Waals surface area contributed by atoms with E-state index in [1.165, 1.54) is 6.07 Å². The van der Waals surface area contributed by atoms with Gasteiger partial charge in [-0.2, -0.15) is 4.98 Å². The molecule has 27 heavy (non-hydrogen) atoms. The maximum atomic E-state index is 12.6. The third-order valence-electron chi connectivity index (χ3n) is 4.78. The van der Waals surface area contributed by atoms with E-state index in [0.717, 1.165) is 27.7 Å². The van der Waals surface area contributed by atoms with Crippen LogP contribution >= 0.6 is 0 Å². The second-order valence-electron chi connectivity index (χ2n) is 6.65. The van der Waals surface area contributed by atoms with Crippen LogP contribution in [0.2, 0.25) is 0 Å². The summed E-state index contributed by atoms with van der Waals surface area (Å²) in [6.07, 6.45) is 0. The molecule has 4 aromatic rings. The van der Waals surface area contributed by atoms with Gasteiger partial charge in [-0.05, 0) is 37.1 Å². The van der Waals surface area contributed by atoms with Crippen LogP contribution in [0.1, 0.15) is 16.8 Å². The minimum absolute atomic E-state index is 0.0981. The number of rotatable bonds is 4. The van der Waals surface area contributed by atoms with Gasteiger partial charge in [-0.25, -0.2) is 4.52 Å². The van der Waals surface area contributed by atoms with E-state index in [4.69, 9.17) is 0 Å². The lowest BCUT2D eigenvalue weighted by Crippen LogP contribution is -2.29. The fourth-order valence-electron chi connectivity index (χ4n) is 3.42. The van der Waals surface area contributed by atoms with Gasteiger partial charge in [0.1, 0.15) is 6.54 Å². The molecule has 0 unspecified atom stereocenters. The Morgan fingerprint density at radius 3 is 2.63 bits per heavy atom. The number of aryl methyl sites for hydroxylation is 2. The molecule has 2 heterocycles. The van der Waals surface area contributed by atoms with Gasteiger partial charge in [-0.15, -0.1) is 0 Å². The van der Waals surface area contributed by atoms with Crippen molar-refractivity contribution in [2.45, 2.75) is 26.9 Å². The van der Waals surface area contributed by atoms with Crippen molar-refractivity contribution in [3.63, 3.8) is 0 Å². The van der Waals surface area contributed by atoms with Crippen molar-refractivity contribution >= 4 is 22.5 Å². The van der Waals surface area contributed by atoms with Gasteiger partial charge in [0.25, 0.3) is 5.56 Å². The van der Waals surface area contributed by atoms with Gasteiger partial charge in [-0.1, -0.05) is 36.4 Å². The third-order valence-corrected chi connectivity index (χ3v) is 4.78. The van der Waals surface area contributed by atoms with Crippen LogP contribution < -0.4 is 10.9 Å². The summed E-state index contributed by atoms with van der Waals surface area (Å²) in [4.78, 5) is 28.6. The average molecular weight is 360 g/mol. The van der Waals surface area contributed by atoms with E-state index in [1.807, 2.05) is 71.6 Å². The number of aromatic nitrogens is 3. The molecule has 6 nitrogen and oxygen atoms in total. The number of nitrogens with one attached hydrogen (secondary N) is 1. The molecule has 2 aromatic heterocycles. The van der Waals surface area contributed by atoms with E-state index >= 15 is 0 Å². The molecule has 1 amide bonds. The Hall–Kier alpha value is -3.41. The smallest absolute Gasteiger partial charge is 0.273 e. The van der Waals surface area contributed by atoms with E-state index in [-0.39, 0.29) is 18.0 Å². The summed E-state index contributed by atoms with van der Waals surface area (Å²) in [7, 11) is 0. The predicted molar refractivity (Wildman–Crippen MR) is 105 cm³/mol. The first kappa shape index (κ1) is 17.0. The van der Waals surface area contributed by atoms with Crippen molar-refractivity contribution in [3.8, 4) is 0 Å². The Labute approximate surface area is 156 Å². The average Bonchev–Trinajstić information content (AvgIpc) is 2.95. The molecule has 0 radical (unpaired) electrons. The van der Waals surface area contributed by atoms with Crippen LogP contribution in [-0.2, 0) is 17.9 Å². The van der Waals surface area contributed by atoms with Crippen LogP contribution in [0.25, 0.3) is 16.6 Å². The summed E-state index contributed by atoms with van der Waals surface area (Å²) < 4.78 is 3.69. The lowest BCUT2D eigenvalue weighted by Gasteiger charge is -2.12. The zero-order valence-electron chi connectivity index (χ0n) is 15.3. The van der Waals surface area contributed by atoms with Crippen LogP contribution in [0.5, 0.6) is 0 Å². The van der Waals surface area contributed by atoms with Crippen LogP contribution in [0.4, 0.5) is 0 Å². The van der Waals surface area contributed by atoms with Gasteiger partial charge in [-0.3, -0.25) is 14.3 Å². The van der Waals surface area contributed by atoms with Crippen molar-refractivity contribution in [2.75, 3.05) is 0 Å². The Balaban J connectivity index is 1.69. The largest absolute Gasteiger partial charge is 0.350 e. The molecular formula is C21H20N4O2. The molecule has 1 N–H and O–H groups in total. The van der Waals surface area contributed by atoms with Gasteiger partial charge in [0.05, 0.1) is 5.52 Å². The van der Waals surface area contributed by atoms with E-state index in [9.17, 15) is 9.59 Å². The van der Waals surface area contributed by atoms with E-state index in [1.54, 1.807) is 0 Å². The maximum Gasteiger partial charge on any atom is 0.273 e. The quantitative estimate of drug-likeness (QED) is 0.608. The molecule has 2 aromatic carbocycles. The Bertz CT molecular complexity index is 1220. The number of carbonyl (C=O) groups is 1. The van der Waals surface area contributed by atoms with Crippen LogP contribution in [0.3, 0.4) is 0 Å². The summed E-state index contributed by atoms with van der Waals surface area (Å²) in [5.74, 6) is -0.0981. The molecule has 4 rings (SSSR count). The van der Waals surface area contributed by atoms with Gasteiger partial charge in [0.15, 0.2) is 5.65 Å². The third kappa shape index (κ3) is 3.10. The summed E-state index contributed by atoms with van der Waals surface area (Å²) in [6.45, 7) is 4.49. The normalized spacial score (nSPS) is 11.2. The summed E-state index contributed by atoms with van der Waals surface area (Å²) in [5.41, 5.74) is 4.14. The monoisotopic (exact) mass is 360 g/mol. The second-order valence-corrected chi connectivity index (χ2v) is 6.65. The standard InChI is InChI=1S/C21H20N4O2/c1-14-7-3-4-8-16(14)12-22-20(27)13-24-18-10-6-5-9-17(18)21-23-19(26)11-15(2)25(21)24/h3-11H,12-13H2,1-2H3,(H,22,27). The minimum Gasteiger partial charge on any atom is -0.350 e. The van der Waals surface area contributed by atoms with E-state index in [0.29, 0.717) is 12.2 Å². The highest BCUT2D eigenvalue weighted by molar-refractivity contribution is 5.93. The Morgan fingerprint density at radius 1 is 1.07 bits per heavy atom. The number of amides is 1. The van der Waals surface area contributed by atoms with Gasteiger partial charge in [0.2, 0.25) is 5.91 Å². The van der Waals surface area contributed by atoms with Gasteiger partial charge >= 0.3 is 0 Å². The molecule has 0 saturated heterocycles. The molecule has 6 heteroatoms. The van der Waals surface area contributed by atoms with Crippen molar-refractivity contribution in [1.82, 2.24) is 19.5 Å². The van der Waals surface area contributed by atoms with Crippen LogP contribution in [0, 0.1) is 13.8 Å². The van der Waals surface area contributed by atoms with Crippen molar-refractivity contribution in [3.05, 3.63) is 81.8 Å². The zero-order chi connectivity index (χ0) is 19.0. The first-order chi connectivity index (χ1) is 13.0. The van der Waals surface area contributed by atoms with Crippen molar-refractivity contribution in [1.29, 1.82) is 0 Å². The highest BCUT2D eigenvalue weighted by Gasteiger charge is 2.15. The second kappa shape index (κ2) is 6.72. The molecule has 0 aliphatic rings. The first-order valence-corrected chi connectivity index (χ1v) is 8.84. The molecule has 0 fully saturated rings. The number of nitrogens with zero attached hydrogens (tertiary/aromatic N) is 3.